The van der Waals surface area contributed by atoms with E-state index in [-0.39, 0.29) is 0 Å². The molecule has 4 heteroatoms. The summed E-state index contributed by atoms with van der Waals surface area (Å²) in [4.78, 5) is 4.93. The van der Waals surface area contributed by atoms with E-state index in [9.17, 15) is 0 Å². The van der Waals surface area contributed by atoms with E-state index in [1.807, 2.05) is 6.92 Å². The van der Waals surface area contributed by atoms with Gasteiger partial charge in [-0.05, 0) is 26.2 Å². The van der Waals surface area contributed by atoms with Crippen LogP contribution in [0, 0.1) is 0 Å². The van der Waals surface area contributed by atoms with Crippen molar-refractivity contribution in [3.63, 3.8) is 0 Å². The number of hydrogen-bond donors (Lipinski definition) is 1. The van der Waals surface area contributed by atoms with Gasteiger partial charge < -0.3 is 15.3 Å². The fraction of sp³-hybridized carbons (Fsp3) is 0.889. The third-order valence-electron chi connectivity index (χ3n) is 1.57. The number of rotatable bonds is 8. The normalized spacial score (nSPS) is 11.8. The van der Waals surface area contributed by atoms with Crippen LogP contribution in [0.3, 0.4) is 0 Å². The second-order valence-corrected chi connectivity index (χ2v) is 2.90. The maximum absolute atomic E-state index is 5.24. The Hall–Kier alpha value is -0.610. The second kappa shape index (κ2) is 9.48. The molecule has 13 heavy (non-hydrogen) atoms. The molecular formula is C9H20N2O2. The van der Waals surface area contributed by atoms with Gasteiger partial charge in [-0.1, -0.05) is 5.16 Å². The maximum Gasteiger partial charge on any atom is 0.129 e. The number of ether oxygens (including phenoxy) is 1. The van der Waals surface area contributed by atoms with Gasteiger partial charge in [-0.2, -0.15) is 0 Å². The summed E-state index contributed by atoms with van der Waals surface area (Å²) in [5.41, 5.74) is 6.26. The molecule has 0 aliphatic carbocycles. The van der Waals surface area contributed by atoms with Gasteiger partial charge in [0.05, 0.1) is 5.71 Å². The van der Waals surface area contributed by atoms with Crippen LogP contribution in [0.5, 0.6) is 0 Å². The van der Waals surface area contributed by atoms with Crippen LogP contribution in [0.4, 0.5) is 0 Å². The Balaban J connectivity index is 3.27. The van der Waals surface area contributed by atoms with Crippen molar-refractivity contribution >= 4 is 5.71 Å². The largest absolute Gasteiger partial charge is 0.395 e. The lowest BCUT2D eigenvalue weighted by Crippen LogP contribution is -2.06. The summed E-state index contributed by atoms with van der Waals surface area (Å²) in [6.07, 6.45) is 3.13. The topological polar surface area (TPSA) is 56.8 Å². The summed E-state index contributed by atoms with van der Waals surface area (Å²) in [5, 5.41) is 3.91. The molecule has 0 fully saturated rings. The third-order valence-corrected chi connectivity index (χ3v) is 1.57. The molecule has 0 saturated heterocycles. The summed E-state index contributed by atoms with van der Waals surface area (Å²) in [6.45, 7) is 3.79. The molecule has 0 saturated carbocycles. The molecule has 0 heterocycles. The molecule has 0 bridgehead atoms. The van der Waals surface area contributed by atoms with E-state index in [4.69, 9.17) is 15.3 Å². The van der Waals surface area contributed by atoms with Crippen LogP contribution in [-0.2, 0) is 9.57 Å². The predicted molar refractivity (Wildman–Crippen MR) is 53.8 cm³/mol. The van der Waals surface area contributed by atoms with E-state index >= 15 is 0 Å². The highest BCUT2D eigenvalue weighted by molar-refractivity contribution is 5.81. The molecule has 4 nitrogen and oxygen atoms in total. The summed E-state index contributed by atoms with van der Waals surface area (Å²) in [7, 11) is 1.71. The van der Waals surface area contributed by atoms with E-state index < -0.39 is 0 Å². The summed E-state index contributed by atoms with van der Waals surface area (Å²) in [5.74, 6) is 0. The van der Waals surface area contributed by atoms with Crippen LogP contribution in [0.1, 0.15) is 26.2 Å². The van der Waals surface area contributed by atoms with Crippen LogP contribution in [-0.4, -0.2) is 32.6 Å². The molecule has 0 spiro atoms. The molecule has 0 amide bonds. The van der Waals surface area contributed by atoms with Gasteiger partial charge in [0.1, 0.15) is 6.61 Å². The van der Waals surface area contributed by atoms with Crippen LogP contribution in [0.2, 0.25) is 0 Å². The first-order chi connectivity index (χ1) is 6.31. The first-order valence-electron chi connectivity index (χ1n) is 4.65. The minimum absolute atomic E-state index is 0.495. The van der Waals surface area contributed by atoms with Gasteiger partial charge in [0.25, 0.3) is 0 Å². The average molecular weight is 188 g/mol. The van der Waals surface area contributed by atoms with Crippen LogP contribution < -0.4 is 5.73 Å². The molecule has 0 aromatic carbocycles. The van der Waals surface area contributed by atoms with Crippen molar-refractivity contribution < 1.29 is 9.57 Å². The zero-order valence-electron chi connectivity index (χ0n) is 8.58. The standard InChI is InChI=1S/C9H20N2O2/c1-9(11-13-8-6-10)5-3-4-7-12-2/h3-8,10H2,1-2H3. The Morgan fingerprint density at radius 1 is 1.31 bits per heavy atom. The Bertz CT molecular complexity index is 138. The molecule has 0 aliphatic heterocycles. The van der Waals surface area contributed by atoms with Gasteiger partial charge in [-0.25, -0.2) is 0 Å². The monoisotopic (exact) mass is 188 g/mol. The third kappa shape index (κ3) is 9.30. The molecule has 0 aromatic heterocycles. The van der Waals surface area contributed by atoms with Crippen LogP contribution in [0.25, 0.3) is 0 Å². The number of hydrogen-bond acceptors (Lipinski definition) is 4. The lowest BCUT2D eigenvalue weighted by Gasteiger charge is -2.00. The van der Waals surface area contributed by atoms with Gasteiger partial charge in [0, 0.05) is 20.3 Å². The summed E-state index contributed by atoms with van der Waals surface area (Å²) in [6, 6.07) is 0. The average Bonchev–Trinajstić information content (AvgIpc) is 2.13. The van der Waals surface area contributed by atoms with Crippen LogP contribution >= 0.6 is 0 Å². The predicted octanol–water partition coefficient (Wildman–Crippen LogP) is 1.15. The highest BCUT2D eigenvalue weighted by Gasteiger charge is 1.93. The molecule has 78 valence electrons. The molecule has 0 aromatic rings. The van der Waals surface area contributed by atoms with E-state index in [0.717, 1.165) is 31.6 Å². The van der Waals surface area contributed by atoms with Crippen molar-refractivity contribution in [1.82, 2.24) is 0 Å². The van der Waals surface area contributed by atoms with E-state index in [0.29, 0.717) is 13.2 Å². The van der Waals surface area contributed by atoms with Crippen molar-refractivity contribution in [2.24, 2.45) is 10.9 Å². The van der Waals surface area contributed by atoms with Crippen molar-refractivity contribution in [2.45, 2.75) is 26.2 Å². The van der Waals surface area contributed by atoms with E-state index in [1.54, 1.807) is 7.11 Å². The Kier molecular flexibility index (Phi) is 9.03. The maximum atomic E-state index is 5.24. The quantitative estimate of drug-likeness (QED) is 0.353. The van der Waals surface area contributed by atoms with Gasteiger partial charge >= 0.3 is 0 Å². The molecule has 2 N–H and O–H groups in total. The Morgan fingerprint density at radius 3 is 2.69 bits per heavy atom. The van der Waals surface area contributed by atoms with Crippen molar-refractivity contribution in [1.29, 1.82) is 0 Å². The molecular weight excluding hydrogens is 168 g/mol. The lowest BCUT2D eigenvalue weighted by atomic mass is 10.2. The second-order valence-electron chi connectivity index (χ2n) is 2.90. The number of oxime groups is 1. The smallest absolute Gasteiger partial charge is 0.129 e. The number of unbranched alkanes of at least 4 members (excludes halogenated alkanes) is 1. The van der Waals surface area contributed by atoms with Crippen LogP contribution in [0.15, 0.2) is 5.16 Å². The SMILES string of the molecule is COCCCCC(C)=NOCCN. The molecule has 0 atom stereocenters. The van der Waals surface area contributed by atoms with E-state index in [2.05, 4.69) is 5.16 Å². The minimum Gasteiger partial charge on any atom is -0.395 e. The van der Waals surface area contributed by atoms with Gasteiger partial charge in [0.15, 0.2) is 0 Å². The fourth-order valence-electron chi connectivity index (χ4n) is 0.881. The highest BCUT2D eigenvalue weighted by atomic mass is 16.6. The zero-order chi connectivity index (χ0) is 9.94. The zero-order valence-corrected chi connectivity index (χ0v) is 8.58. The molecule has 0 rings (SSSR count). The molecule has 0 aliphatic rings. The van der Waals surface area contributed by atoms with E-state index in [1.165, 1.54) is 0 Å². The van der Waals surface area contributed by atoms with Gasteiger partial charge in [0.2, 0.25) is 0 Å². The molecule has 0 unspecified atom stereocenters. The van der Waals surface area contributed by atoms with Gasteiger partial charge in [-0.3, -0.25) is 0 Å². The van der Waals surface area contributed by atoms with Crippen molar-refractivity contribution in [3.05, 3.63) is 0 Å². The minimum atomic E-state index is 0.495. The molecule has 0 radical (unpaired) electrons. The fourth-order valence-corrected chi connectivity index (χ4v) is 0.881. The first kappa shape index (κ1) is 12.4. The van der Waals surface area contributed by atoms with Gasteiger partial charge in [-0.15, -0.1) is 0 Å². The Labute approximate surface area is 80.1 Å². The summed E-state index contributed by atoms with van der Waals surface area (Å²) >= 11 is 0. The Morgan fingerprint density at radius 2 is 2.08 bits per heavy atom. The first-order valence-corrected chi connectivity index (χ1v) is 4.65. The highest BCUT2D eigenvalue weighted by Crippen LogP contribution is 1.98. The summed E-state index contributed by atoms with van der Waals surface area (Å²) < 4.78 is 4.93. The van der Waals surface area contributed by atoms with Crippen molar-refractivity contribution in [2.75, 3.05) is 26.9 Å². The lowest BCUT2D eigenvalue weighted by molar-refractivity contribution is 0.151. The number of nitrogens with two attached hydrogens (primary N) is 1. The number of methoxy groups -OCH3 is 1. The van der Waals surface area contributed by atoms with Crippen molar-refractivity contribution in [3.8, 4) is 0 Å². The number of nitrogens with zero attached hydrogens (tertiary/aromatic N) is 1.